The number of amides is 1. The van der Waals surface area contributed by atoms with Gasteiger partial charge in [-0.3, -0.25) is 4.79 Å². The minimum Gasteiger partial charge on any atom is -0.341 e. The number of rotatable bonds is 4. The van der Waals surface area contributed by atoms with Gasteiger partial charge in [0.2, 0.25) is 5.91 Å². The van der Waals surface area contributed by atoms with Gasteiger partial charge in [-0.05, 0) is 44.2 Å². The molecular formula is C15H28N2OS. The third kappa shape index (κ3) is 4.38. The van der Waals surface area contributed by atoms with E-state index in [-0.39, 0.29) is 0 Å². The van der Waals surface area contributed by atoms with Gasteiger partial charge in [-0.15, -0.1) is 0 Å². The molecule has 19 heavy (non-hydrogen) atoms. The van der Waals surface area contributed by atoms with Crippen molar-refractivity contribution in [2.45, 2.75) is 44.8 Å². The fourth-order valence-corrected chi connectivity index (χ4v) is 4.31. The molecule has 3 nitrogen and oxygen atoms in total. The molecule has 3 unspecified atom stereocenters. The smallest absolute Gasteiger partial charge is 0.222 e. The van der Waals surface area contributed by atoms with Gasteiger partial charge < -0.3 is 10.2 Å². The van der Waals surface area contributed by atoms with Gasteiger partial charge in [0.05, 0.1) is 0 Å². The Bertz CT molecular complexity index is 292. The van der Waals surface area contributed by atoms with Crippen LogP contribution in [0.1, 0.15) is 39.5 Å². The van der Waals surface area contributed by atoms with E-state index >= 15 is 0 Å². The van der Waals surface area contributed by atoms with Crippen molar-refractivity contribution in [2.24, 2.45) is 11.8 Å². The second-order valence-corrected chi connectivity index (χ2v) is 7.44. The average Bonchev–Trinajstić information content (AvgIpc) is 2.48. The molecule has 2 heterocycles. The summed E-state index contributed by atoms with van der Waals surface area (Å²) < 4.78 is 0. The summed E-state index contributed by atoms with van der Waals surface area (Å²) in [6, 6.07) is 0. The maximum absolute atomic E-state index is 12.4. The van der Waals surface area contributed by atoms with Crippen LogP contribution >= 0.6 is 11.8 Å². The molecule has 1 N–H and O–H groups in total. The molecule has 0 aromatic rings. The van der Waals surface area contributed by atoms with Crippen LogP contribution in [-0.4, -0.2) is 48.0 Å². The van der Waals surface area contributed by atoms with E-state index in [9.17, 15) is 4.79 Å². The van der Waals surface area contributed by atoms with Crippen LogP contribution in [0.25, 0.3) is 0 Å². The van der Waals surface area contributed by atoms with Crippen molar-refractivity contribution in [2.75, 3.05) is 31.9 Å². The average molecular weight is 284 g/mol. The van der Waals surface area contributed by atoms with Crippen LogP contribution < -0.4 is 5.32 Å². The quantitative estimate of drug-likeness (QED) is 0.860. The molecular weight excluding hydrogens is 256 g/mol. The first-order valence-corrected chi connectivity index (χ1v) is 8.85. The second kappa shape index (κ2) is 7.53. The van der Waals surface area contributed by atoms with Gasteiger partial charge in [-0.2, -0.15) is 11.8 Å². The molecule has 0 aromatic carbocycles. The van der Waals surface area contributed by atoms with Crippen molar-refractivity contribution >= 4 is 17.7 Å². The molecule has 2 rings (SSSR count). The number of carbonyl (C=O) groups is 1. The van der Waals surface area contributed by atoms with Gasteiger partial charge in [0.1, 0.15) is 0 Å². The van der Waals surface area contributed by atoms with E-state index in [2.05, 4.69) is 24.1 Å². The number of carbonyl (C=O) groups excluding carboxylic acids is 1. The highest BCUT2D eigenvalue weighted by Gasteiger charge is 2.27. The first-order chi connectivity index (χ1) is 9.20. The van der Waals surface area contributed by atoms with Crippen LogP contribution in [0.4, 0.5) is 0 Å². The van der Waals surface area contributed by atoms with Gasteiger partial charge in [-0.1, -0.05) is 13.8 Å². The summed E-state index contributed by atoms with van der Waals surface area (Å²) in [6.45, 7) is 8.65. The summed E-state index contributed by atoms with van der Waals surface area (Å²) in [5.41, 5.74) is 0. The molecule has 2 aliphatic heterocycles. The van der Waals surface area contributed by atoms with Gasteiger partial charge in [-0.25, -0.2) is 0 Å². The Morgan fingerprint density at radius 3 is 3.05 bits per heavy atom. The lowest BCUT2D eigenvalue weighted by molar-refractivity contribution is -0.132. The Balaban J connectivity index is 1.79. The van der Waals surface area contributed by atoms with E-state index in [1.807, 2.05) is 11.8 Å². The number of nitrogens with zero attached hydrogens (tertiary/aromatic N) is 1. The zero-order chi connectivity index (χ0) is 13.7. The van der Waals surface area contributed by atoms with E-state index < -0.39 is 0 Å². The van der Waals surface area contributed by atoms with Gasteiger partial charge in [0, 0.05) is 30.5 Å². The van der Waals surface area contributed by atoms with Crippen molar-refractivity contribution in [1.82, 2.24) is 10.2 Å². The molecule has 0 spiro atoms. The number of piperidine rings is 1. The van der Waals surface area contributed by atoms with E-state index in [0.29, 0.717) is 23.0 Å². The van der Waals surface area contributed by atoms with Gasteiger partial charge in [0.15, 0.2) is 0 Å². The number of hydrogen-bond donors (Lipinski definition) is 1. The van der Waals surface area contributed by atoms with Crippen molar-refractivity contribution in [1.29, 1.82) is 0 Å². The Morgan fingerprint density at radius 2 is 2.37 bits per heavy atom. The van der Waals surface area contributed by atoms with Crippen molar-refractivity contribution in [3.8, 4) is 0 Å². The Hall–Kier alpha value is -0.220. The highest BCUT2D eigenvalue weighted by molar-refractivity contribution is 8.00. The number of hydrogen-bond acceptors (Lipinski definition) is 3. The zero-order valence-electron chi connectivity index (χ0n) is 12.4. The topological polar surface area (TPSA) is 32.3 Å². The molecule has 3 atom stereocenters. The molecule has 0 bridgehead atoms. The normalized spacial score (nSPS) is 30.1. The molecule has 1 amide bonds. The molecule has 0 aromatic heterocycles. The maximum atomic E-state index is 12.4. The van der Waals surface area contributed by atoms with Crippen LogP contribution in [-0.2, 0) is 4.79 Å². The standard InChI is InChI=1S/C15H28N2OS/c1-3-14-11-17(7-8-19-14)15(18)9-12(2)13-5-4-6-16-10-13/h12-14,16H,3-11H2,1-2H3. The van der Waals surface area contributed by atoms with Crippen LogP contribution in [0.5, 0.6) is 0 Å². The highest BCUT2D eigenvalue weighted by atomic mass is 32.2. The minimum atomic E-state index is 0.386. The molecule has 4 heteroatoms. The Morgan fingerprint density at radius 1 is 1.53 bits per heavy atom. The molecule has 0 saturated carbocycles. The minimum absolute atomic E-state index is 0.386. The Labute approximate surface area is 121 Å². The predicted octanol–water partition coefficient (Wildman–Crippen LogP) is 2.37. The molecule has 2 fully saturated rings. The lowest BCUT2D eigenvalue weighted by Gasteiger charge is -2.34. The lowest BCUT2D eigenvalue weighted by Crippen LogP contribution is -2.43. The van der Waals surface area contributed by atoms with Crippen LogP contribution in [0.15, 0.2) is 0 Å². The number of thioether (sulfide) groups is 1. The fourth-order valence-electron chi connectivity index (χ4n) is 3.13. The Kier molecular flexibility index (Phi) is 6.02. The van der Waals surface area contributed by atoms with E-state index in [4.69, 9.17) is 0 Å². The van der Waals surface area contributed by atoms with Gasteiger partial charge >= 0.3 is 0 Å². The SMILES string of the molecule is CCC1CN(C(=O)CC(C)C2CCCNC2)CCS1. The van der Waals surface area contributed by atoms with Crippen LogP contribution in [0, 0.1) is 11.8 Å². The van der Waals surface area contributed by atoms with Crippen LogP contribution in [0.3, 0.4) is 0 Å². The monoisotopic (exact) mass is 284 g/mol. The van der Waals surface area contributed by atoms with Gasteiger partial charge in [0.25, 0.3) is 0 Å². The predicted molar refractivity (Wildman–Crippen MR) is 82.5 cm³/mol. The summed E-state index contributed by atoms with van der Waals surface area (Å²) in [7, 11) is 0. The summed E-state index contributed by atoms with van der Waals surface area (Å²) >= 11 is 2.03. The van der Waals surface area contributed by atoms with E-state index in [0.717, 1.165) is 38.4 Å². The molecule has 0 aliphatic carbocycles. The van der Waals surface area contributed by atoms with E-state index in [1.165, 1.54) is 19.3 Å². The summed E-state index contributed by atoms with van der Waals surface area (Å²) in [6.07, 6.45) is 4.47. The molecule has 2 aliphatic rings. The second-order valence-electron chi connectivity index (χ2n) is 6.03. The molecule has 0 radical (unpaired) electrons. The third-order valence-corrected chi connectivity index (χ3v) is 5.96. The van der Waals surface area contributed by atoms with Crippen molar-refractivity contribution in [3.63, 3.8) is 0 Å². The fraction of sp³-hybridized carbons (Fsp3) is 0.933. The first-order valence-electron chi connectivity index (χ1n) is 7.80. The summed E-state index contributed by atoms with van der Waals surface area (Å²) in [5.74, 6) is 2.72. The molecule has 110 valence electrons. The van der Waals surface area contributed by atoms with E-state index in [1.54, 1.807) is 0 Å². The molecule has 2 saturated heterocycles. The maximum Gasteiger partial charge on any atom is 0.222 e. The zero-order valence-corrected chi connectivity index (χ0v) is 13.2. The summed E-state index contributed by atoms with van der Waals surface area (Å²) in [4.78, 5) is 14.5. The lowest BCUT2D eigenvalue weighted by atomic mass is 9.85. The van der Waals surface area contributed by atoms with Crippen molar-refractivity contribution < 1.29 is 4.79 Å². The summed E-state index contributed by atoms with van der Waals surface area (Å²) in [5, 5.41) is 4.11. The first kappa shape index (κ1) is 15.2. The largest absolute Gasteiger partial charge is 0.341 e. The highest BCUT2D eigenvalue weighted by Crippen LogP contribution is 2.25. The third-order valence-electron chi connectivity index (χ3n) is 4.58. The van der Waals surface area contributed by atoms with Crippen LogP contribution in [0.2, 0.25) is 0 Å². The number of nitrogens with one attached hydrogen (secondary N) is 1. The van der Waals surface area contributed by atoms with Crippen molar-refractivity contribution in [3.05, 3.63) is 0 Å².